The highest BCUT2D eigenvalue weighted by atomic mass is 16.5. The minimum absolute atomic E-state index is 0.186. The fourth-order valence-corrected chi connectivity index (χ4v) is 2.68. The first kappa shape index (κ1) is 14.8. The van der Waals surface area contributed by atoms with Crippen LogP contribution in [0.15, 0.2) is 18.3 Å². The zero-order chi connectivity index (χ0) is 15.5. The number of likely N-dealkylation sites (tertiary alicyclic amines) is 1. The van der Waals surface area contributed by atoms with Crippen LogP contribution in [0.25, 0.3) is 11.0 Å². The zero-order valence-electron chi connectivity index (χ0n) is 13.0. The molecule has 3 rings (SSSR count). The van der Waals surface area contributed by atoms with Gasteiger partial charge >= 0.3 is 5.97 Å². The molecule has 0 amide bonds. The van der Waals surface area contributed by atoms with Crippen LogP contribution in [0.3, 0.4) is 0 Å². The lowest BCUT2D eigenvalue weighted by atomic mass is 10.1. The van der Waals surface area contributed by atoms with Crippen LogP contribution in [0.2, 0.25) is 0 Å². The summed E-state index contributed by atoms with van der Waals surface area (Å²) < 4.78 is 11.0. The van der Waals surface area contributed by atoms with E-state index in [4.69, 9.17) is 9.47 Å². The van der Waals surface area contributed by atoms with Crippen LogP contribution in [-0.2, 0) is 4.74 Å². The van der Waals surface area contributed by atoms with Gasteiger partial charge in [0, 0.05) is 25.4 Å². The van der Waals surface area contributed by atoms with Crippen LogP contribution in [0.4, 0.5) is 0 Å². The number of nitrogens with one attached hydrogen (secondary N) is 1. The average molecular weight is 303 g/mol. The molecule has 0 radical (unpaired) electrons. The van der Waals surface area contributed by atoms with E-state index in [1.807, 2.05) is 12.1 Å². The summed E-state index contributed by atoms with van der Waals surface area (Å²) in [5, 5.41) is 0. The summed E-state index contributed by atoms with van der Waals surface area (Å²) in [6.45, 7) is 4.20. The molecule has 1 aliphatic heterocycles. The standard InChI is InChI=1S/C16H21N3O3/c1-3-21-16(20)12-10-17-13-4-5-14(18-15(12)13)22-11-6-8-19(2)9-7-11/h4-5,10-11,17H,3,6-9H2,1-2H3. The Labute approximate surface area is 129 Å². The molecule has 0 aliphatic carbocycles. The smallest absolute Gasteiger partial charge is 0.341 e. The summed E-state index contributed by atoms with van der Waals surface area (Å²) in [6, 6.07) is 3.72. The van der Waals surface area contributed by atoms with Gasteiger partial charge in [0.2, 0.25) is 5.88 Å². The molecule has 1 aliphatic rings. The number of aromatic nitrogens is 2. The summed E-state index contributed by atoms with van der Waals surface area (Å²) in [6.07, 6.45) is 3.81. The van der Waals surface area contributed by atoms with E-state index < -0.39 is 0 Å². The number of H-pyrrole nitrogens is 1. The molecule has 2 aromatic heterocycles. The first-order valence-corrected chi connectivity index (χ1v) is 7.68. The van der Waals surface area contributed by atoms with Crippen molar-refractivity contribution in [3.8, 4) is 5.88 Å². The van der Waals surface area contributed by atoms with Crippen molar-refractivity contribution < 1.29 is 14.3 Å². The maximum Gasteiger partial charge on any atom is 0.341 e. The highest BCUT2D eigenvalue weighted by Crippen LogP contribution is 2.23. The third-order valence-electron chi connectivity index (χ3n) is 3.95. The lowest BCUT2D eigenvalue weighted by Gasteiger charge is -2.28. The van der Waals surface area contributed by atoms with Gasteiger partial charge in [-0.3, -0.25) is 0 Å². The number of nitrogens with zero attached hydrogens (tertiary/aromatic N) is 2. The molecule has 0 saturated carbocycles. The van der Waals surface area contributed by atoms with E-state index in [0.29, 0.717) is 23.6 Å². The molecule has 3 heterocycles. The lowest BCUT2D eigenvalue weighted by Crippen LogP contribution is -2.35. The van der Waals surface area contributed by atoms with E-state index in [2.05, 4.69) is 21.9 Å². The van der Waals surface area contributed by atoms with Gasteiger partial charge in [-0.2, -0.15) is 0 Å². The summed E-state index contributed by atoms with van der Waals surface area (Å²) in [7, 11) is 2.12. The quantitative estimate of drug-likeness (QED) is 0.877. The van der Waals surface area contributed by atoms with Gasteiger partial charge in [-0.15, -0.1) is 0 Å². The van der Waals surface area contributed by atoms with E-state index in [9.17, 15) is 4.79 Å². The Bertz CT molecular complexity index is 660. The Kier molecular flexibility index (Phi) is 4.29. The summed E-state index contributed by atoms with van der Waals surface area (Å²) in [5.74, 6) is 0.199. The number of carbonyl (C=O) groups excluding carboxylic acids is 1. The van der Waals surface area contributed by atoms with Crippen molar-refractivity contribution in [3.05, 3.63) is 23.9 Å². The number of pyridine rings is 1. The number of esters is 1. The maximum absolute atomic E-state index is 11.9. The van der Waals surface area contributed by atoms with E-state index in [0.717, 1.165) is 31.4 Å². The predicted molar refractivity (Wildman–Crippen MR) is 83.2 cm³/mol. The molecule has 0 bridgehead atoms. The molecule has 1 saturated heterocycles. The van der Waals surface area contributed by atoms with Gasteiger partial charge in [0.25, 0.3) is 0 Å². The lowest BCUT2D eigenvalue weighted by molar-refractivity contribution is 0.0528. The van der Waals surface area contributed by atoms with Gasteiger partial charge in [0.15, 0.2) is 0 Å². The fraction of sp³-hybridized carbons (Fsp3) is 0.500. The van der Waals surface area contributed by atoms with Crippen LogP contribution in [0.1, 0.15) is 30.1 Å². The van der Waals surface area contributed by atoms with Crippen molar-refractivity contribution in [2.75, 3.05) is 26.7 Å². The molecule has 118 valence electrons. The molecule has 1 N–H and O–H groups in total. The monoisotopic (exact) mass is 303 g/mol. The Morgan fingerprint density at radius 2 is 2.18 bits per heavy atom. The Morgan fingerprint density at radius 1 is 1.41 bits per heavy atom. The normalized spacial score (nSPS) is 16.8. The van der Waals surface area contributed by atoms with Gasteiger partial charge in [0.1, 0.15) is 17.2 Å². The van der Waals surface area contributed by atoms with E-state index in [-0.39, 0.29) is 12.1 Å². The van der Waals surface area contributed by atoms with Gasteiger partial charge in [-0.25, -0.2) is 9.78 Å². The van der Waals surface area contributed by atoms with Crippen molar-refractivity contribution in [2.24, 2.45) is 0 Å². The summed E-state index contributed by atoms with van der Waals surface area (Å²) in [5.41, 5.74) is 1.85. The van der Waals surface area contributed by atoms with Crippen molar-refractivity contribution in [1.82, 2.24) is 14.9 Å². The number of aromatic amines is 1. The highest BCUT2D eigenvalue weighted by Gasteiger charge is 2.20. The highest BCUT2D eigenvalue weighted by molar-refractivity contribution is 6.02. The molecular formula is C16H21N3O3. The number of carbonyl (C=O) groups is 1. The number of ether oxygens (including phenoxy) is 2. The van der Waals surface area contributed by atoms with Crippen molar-refractivity contribution in [3.63, 3.8) is 0 Å². The topological polar surface area (TPSA) is 67.5 Å². The van der Waals surface area contributed by atoms with Crippen molar-refractivity contribution >= 4 is 17.0 Å². The SMILES string of the molecule is CCOC(=O)c1c[nH]c2ccc(OC3CCN(C)CC3)nc12. The molecule has 0 atom stereocenters. The van der Waals surface area contributed by atoms with E-state index >= 15 is 0 Å². The Morgan fingerprint density at radius 3 is 2.91 bits per heavy atom. The Hall–Kier alpha value is -2.08. The number of fused-ring (bicyclic) bond motifs is 1. The third kappa shape index (κ3) is 3.06. The average Bonchev–Trinajstić information content (AvgIpc) is 2.93. The van der Waals surface area contributed by atoms with Crippen LogP contribution < -0.4 is 4.74 Å². The van der Waals surface area contributed by atoms with Crippen molar-refractivity contribution in [2.45, 2.75) is 25.9 Å². The first-order chi connectivity index (χ1) is 10.7. The summed E-state index contributed by atoms with van der Waals surface area (Å²) >= 11 is 0. The minimum atomic E-state index is -0.363. The maximum atomic E-state index is 11.9. The molecule has 6 nitrogen and oxygen atoms in total. The van der Waals surface area contributed by atoms with Crippen LogP contribution in [0.5, 0.6) is 5.88 Å². The largest absolute Gasteiger partial charge is 0.474 e. The molecule has 2 aromatic rings. The van der Waals surface area contributed by atoms with Crippen molar-refractivity contribution in [1.29, 1.82) is 0 Å². The van der Waals surface area contributed by atoms with E-state index in [1.54, 1.807) is 13.1 Å². The van der Waals surface area contributed by atoms with Crippen LogP contribution >= 0.6 is 0 Å². The van der Waals surface area contributed by atoms with Gasteiger partial charge in [0.05, 0.1) is 12.1 Å². The third-order valence-corrected chi connectivity index (χ3v) is 3.95. The Balaban J connectivity index is 1.79. The first-order valence-electron chi connectivity index (χ1n) is 7.68. The second-order valence-electron chi connectivity index (χ2n) is 5.59. The fourth-order valence-electron chi connectivity index (χ4n) is 2.68. The molecule has 0 unspecified atom stereocenters. The van der Waals surface area contributed by atoms with Gasteiger partial charge < -0.3 is 19.4 Å². The van der Waals surface area contributed by atoms with Gasteiger partial charge in [-0.05, 0) is 32.9 Å². The second kappa shape index (κ2) is 6.36. The zero-order valence-corrected chi connectivity index (χ0v) is 13.0. The predicted octanol–water partition coefficient (Wildman–Crippen LogP) is 2.21. The van der Waals surface area contributed by atoms with Gasteiger partial charge in [-0.1, -0.05) is 0 Å². The van der Waals surface area contributed by atoms with E-state index in [1.165, 1.54) is 0 Å². The molecule has 0 spiro atoms. The number of hydrogen-bond acceptors (Lipinski definition) is 5. The van der Waals surface area contributed by atoms with Crippen LogP contribution in [0, 0.1) is 0 Å². The number of piperidine rings is 1. The molecule has 0 aromatic carbocycles. The molecule has 1 fully saturated rings. The second-order valence-corrected chi connectivity index (χ2v) is 5.59. The molecule has 22 heavy (non-hydrogen) atoms. The molecular weight excluding hydrogens is 282 g/mol. The summed E-state index contributed by atoms with van der Waals surface area (Å²) in [4.78, 5) is 21.7. The van der Waals surface area contributed by atoms with Crippen LogP contribution in [-0.4, -0.2) is 53.7 Å². The molecule has 6 heteroatoms. The number of hydrogen-bond donors (Lipinski definition) is 1. The minimum Gasteiger partial charge on any atom is -0.474 e. The number of rotatable bonds is 4.